The Balaban J connectivity index is 2.01. The molecule has 0 bridgehead atoms. The summed E-state index contributed by atoms with van der Waals surface area (Å²) in [5.41, 5.74) is 0.710. The van der Waals surface area contributed by atoms with E-state index in [0.29, 0.717) is 12.0 Å². The number of carboxylic acid groups (broad SMARTS) is 1. The van der Waals surface area contributed by atoms with E-state index in [4.69, 9.17) is 5.11 Å². The molecule has 1 aliphatic carbocycles. The van der Waals surface area contributed by atoms with Crippen molar-refractivity contribution in [2.75, 3.05) is 6.61 Å². The average Bonchev–Trinajstić information content (AvgIpc) is 3.06. The van der Waals surface area contributed by atoms with Gasteiger partial charge in [-0.05, 0) is 30.0 Å². The van der Waals surface area contributed by atoms with Gasteiger partial charge >= 0.3 is 12.1 Å². The van der Waals surface area contributed by atoms with Crippen molar-refractivity contribution in [3.8, 4) is 5.75 Å². The Kier molecular flexibility index (Phi) is 3.19. The van der Waals surface area contributed by atoms with Crippen LogP contribution in [-0.4, -0.2) is 23.9 Å². The van der Waals surface area contributed by atoms with Crippen molar-refractivity contribution in [1.29, 1.82) is 0 Å². The lowest BCUT2D eigenvalue weighted by molar-refractivity contribution is -0.153. The van der Waals surface area contributed by atoms with Crippen molar-refractivity contribution < 1.29 is 27.8 Å². The number of aliphatic carboxylic acids is 1. The smallest absolute Gasteiger partial charge is 0.422 e. The number of alkyl halides is 3. The fourth-order valence-corrected chi connectivity index (χ4v) is 1.84. The number of carboxylic acids is 1. The second-order valence-corrected chi connectivity index (χ2v) is 4.26. The van der Waals surface area contributed by atoms with E-state index in [1.807, 2.05) is 0 Å². The molecule has 2 rings (SSSR count). The van der Waals surface area contributed by atoms with E-state index in [2.05, 4.69) is 4.74 Å². The van der Waals surface area contributed by atoms with Gasteiger partial charge in [0.1, 0.15) is 5.75 Å². The summed E-state index contributed by atoms with van der Waals surface area (Å²) in [6.07, 6.45) is -3.85. The van der Waals surface area contributed by atoms with Gasteiger partial charge < -0.3 is 9.84 Å². The molecule has 0 aromatic heterocycles. The first-order chi connectivity index (χ1) is 8.37. The zero-order valence-corrected chi connectivity index (χ0v) is 9.28. The zero-order valence-electron chi connectivity index (χ0n) is 9.28. The molecule has 1 aromatic rings. The van der Waals surface area contributed by atoms with Crippen LogP contribution in [0.3, 0.4) is 0 Å². The fraction of sp³-hybridized carbons (Fsp3) is 0.417. The summed E-state index contributed by atoms with van der Waals surface area (Å²) in [4.78, 5) is 10.7. The maximum absolute atomic E-state index is 12.0. The molecule has 0 aliphatic heterocycles. The maximum Gasteiger partial charge on any atom is 0.422 e. The number of hydrogen-bond acceptors (Lipinski definition) is 2. The van der Waals surface area contributed by atoms with E-state index in [-0.39, 0.29) is 11.7 Å². The summed E-state index contributed by atoms with van der Waals surface area (Å²) < 4.78 is 40.5. The highest BCUT2D eigenvalue weighted by Gasteiger charge is 2.44. The molecule has 0 saturated heterocycles. The number of hydrogen-bond donors (Lipinski definition) is 1. The van der Waals surface area contributed by atoms with Gasteiger partial charge in [-0.3, -0.25) is 4.79 Å². The monoisotopic (exact) mass is 260 g/mol. The molecule has 1 saturated carbocycles. The first kappa shape index (κ1) is 12.7. The van der Waals surface area contributed by atoms with Gasteiger partial charge in [-0.1, -0.05) is 12.1 Å². The van der Waals surface area contributed by atoms with E-state index in [1.54, 1.807) is 12.1 Å². The Bertz CT molecular complexity index is 456. The molecule has 2 atom stereocenters. The summed E-state index contributed by atoms with van der Waals surface area (Å²) in [5.74, 6) is -1.30. The van der Waals surface area contributed by atoms with Crippen LogP contribution in [0.4, 0.5) is 13.2 Å². The maximum atomic E-state index is 12.0. The minimum absolute atomic E-state index is 0.112. The lowest BCUT2D eigenvalue weighted by Crippen LogP contribution is -2.19. The number of carbonyl (C=O) groups is 1. The summed E-state index contributed by atoms with van der Waals surface area (Å²) in [7, 11) is 0. The quantitative estimate of drug-likeness (QED) is 0.905. The molecule has 3 nitrogen and oxygen atoms in total. The fourth-order valence-electron chi connectivity index (χ4n) is 1.84. The Hall–Kier alpha value is -1.72. The van der Waals surface area contributed by atoms with Crippen LogP contribution in [0.2, 0.25) is 0 Å². The van der Waals surface area contributed by atoms with Crippen LogP contribution >= 0.6 is 0 Å². The number of halogens is 3. The molecule has 0 spiro atoms. The van der Waals surface area contributed by atoms with Crippen LogP contribution in [0.5, 0.6) is 5.75 Å². The Morgan fingerprint density at radius 3 is 2.72 bits per heavy atom. The zero-order chi connectivity index (χ0) is 13.3. The summed E-state index contributed by atoms with van der Waals surface area (Å²) in [6, 6.07) is 6.17. The normalized spacial score (nSPS) is 22.6. The van der Waals surface area contributed by atoms with Crippen molar-refractivity contribution >= 4 is 5.97 Å². The highest BCUT2D eigenvalue weighted by atomic mass is 19.4. The molecule has 1 fully saturated rings. The predicted octanol–water partition coefficient (Wildman–Crippen LogP) is 2.82. The summed E-state index contributed by atoms with van der Waals surface area (Å²) in [6.45, 7) is -1.34. The topological polar surface area (TPSA) is 46.5 Å². The Morgan fingerprint density at radius 2 is 2.17 bits per heavy atom. The SMILES string of the molecule is O=C(O)[C@@H]1C[C@@H]1c1cccc(OCC(F)(F)F)c1. The predicted molar refractivity (Wildman–Crippen MR) is 56.5 cm³/mol. The first-order valence-corrected chi connectivity index (χ1v) is 5.39. The minimum atomic E-state index is -4.38. The molecule has 6 heteroatoms. The van der Waals surface area contributed by atoms with Crippen molar-refractivity contribution in [3.05, 3.63) is 29.8 Å². The van der Waals surface area contributed by atoms with E-state index >= 15 is 0 Å². The second kappa shape index (κ2) is 4.51. The van der Waals surface area contributed by atoms with Crippen molar-refractivity contribution in [3.63, 3.8) is 0 Å². The van der Waals surface area contributed by atoms with Crippen molar-refractivity contribution in [1.82, 2.24) is 0 Å². The van der Waals surface area contributed by atoms with Crippen LogP contribution in [0, 0.1) is 5.92 Å². The van der Waals surface area contributed by atoms with Crippen LogP contribution < -0.4 is 4.74 Å². The van der Waals surface area contributed by atoms with Gasteiger partial charge in [0.05, 0.1) is 5.92 Å². The largest absolute Gasteiger partial charge is 0.484 e. The van der Waals surface area contributed by atoms with Crippen molar-refractivity contribution in [2.24, 2.45) is 5.92 Å². The molecule has 0 radical (unpaired) electrons. The van der Waals surface area contributed by atoms with Gasteiger partial charge in [0.15, 0.2) is 6.61 Å². The Labute approximate surface area is 101 Å². The van der Waals surface area contributed by atoms with Crippen LogP contribution in [0.15, 0.2) is 24.3 Å². The number of benzene rings is 1. The van der Waals surface area contributed by atoms with Gasteiger partial charge in [-0.2, -0.15) is 13.2 Å². The average molecular weight is 260 g/mol. The standard InChI is InChI=1S/C12H11F3O3/c13-12(14,15)6-18-8-3-1-2-7(4-8)9-5-10(9)11(16)17/h1-4,9-10H,5-6H2,(H,16,17)/t9-,10-/m1/s1. The number of rotatable bonds is 4. The van der Waals surface area contributed by atoms with Crippen LogP contribution in [-0.2, 0) is 4.79 Å². The number of ether oxygens (including phenoxy) is 1. The van der Waals surface area contributed by atoms with Gasteiger partial charge in [0, 0.05) is 0 Å². The third-order valence-electron chi connectivity index (χ3n) is 2.80. The molecule has 0 heterocycles. The molecular formula is C12H11F3O3. The Morgan fingerprint density at radius 1 is 1.44 bits per heavy atom. The molecule has 0 amide bonds. The second-order valence-electron chi connectivity index (χ2n) is 4.26. The molecule has 0 unspecified atom stereocenters. The highest BCUT2D eigenvalue weighted by molar-refractivity contribution is 5.75. The molecule has 18 heavy (non-hydrogen) atoms. The molecule has 1 N–H and O–H groups in total. The lowest BCUT2D eigenvalue weighted by atomic mass is 10.1. The summed E-state index contributed by atoms with van der Waals surface area (Å²) >= 11 is 0. The minimum Gasteiger partial charge on any atom is -0.484 e. The van der Waals surface area contributed by atoms with Gasteiger partial charge in [0.2, 0.25) is 0 Å². The highest BCUT2D eigenvalue weighted by Crippen LogP contribution is 2.48. The van der Waals surface area contributed by atoms with Gasteiger partial charge in [-0.25, -0.2) is 0 Å². The van der Waals surface area contributed by atoms with Crippen molar-refractivity contribution in [2.45, 2.75) is 18.5 Å². The van der Waals surface area contributed by atoms with E-state index < -0.39 is 24.7 Å². The third-order valence-corrected chi connectivity index (χ3v) is 2.80. The third kappa shape index (κ3) is 3.15. The van der Waals surface area contributed by atoms with Gasteiger partial charge in [-0.15, -0.1) is 0 Å². The molecule has 1 aliphatic rings. The lowest BCUT2D eigenvalue weighted by Gasteiger charge is -2.10. The van der Waals surface area contributed by atoms with E-state index in [9.17, 15) is 18.0 Å². The van der Waals surface area contributed by atoms with Crippen LogP contribution in [0.25, 0.3) is 0 Å². The van der Waals surface area contributed by atoms with Crippen LogP contribution in [0.1, 0.15) is 17.9 Å². The molecular weight excluding hydrogens is 249 g/mol. The summed E-state index contributed by atoms with van der Waals surface area (Å²) in [5, 5.41) is 8.78. The van der Waals surface area contributed by atoms with Gasteiger partial charge in [0.25, 0.3) is 0 Å². The molecule has 1 aromatic carbocycles. The first-order valence-electron chi connectivity index (χ1n) is 5.39. The molecule has 98 valence electrons. The van der Waals surface area contributed by atoms with E-state index in [0.717, 1.165) is 0 Å². The van der Waals surface area contributed by atoms with E-state index in [1.165, 1.54) is 12.1 Å².